The molecule has 1 N–H and O–H groups in total. The van der Waals surface area contributed by atoms with Crippen molar-refractivity contribution in [3.63, 3.8) is 0 Å². The molecule has 1 saturated heterocycles. The predicted molar refractivity (Wildman–Crippen MR) is 119 cm³/mol. The van der Waals surface area contributed by atoms with Gasteiger partial charge in [-0.3, -0.25) is 14.5 Å². The fourth-order valence-electron chi connectivity index (χ4n) is 3.42. The van der Waals surface area contributed by atoms with Gasteiger partial charge in [0.2, 0.25) is 5.91 Å². The first-order valence-corrected chi connectivity index (χ1v) is 9.99. The monoisotopic (exact) mass is 427 g/mol. The van der Waals surface area contributed by atoms with Crippen molar-refractivity contribution in [2.75, 3.05) is 33.1 Å². The van der Waals surface area contributed by atoms with Gasteiger partial charge < -0.3 is 19.7 Å². The highest BCUT2D eigenvalue weighted by Gasteiger charge is 2.41. The molecule has 8 heteroatoms. The first-order chi connectivity index (χ1) is 14.4. The van der Waals surface area contributed by atoms with E-state index in [2.05, 4.69) is 5.32 Å². The molecule has 0 saturated carbocycles. The molecule has 1 aliphatic rings. The van der Waals surface area contributed by atoms with Crippen molar-refractivity contribution < 1.29 is 19.1 Å². The Hall–Kier alpha value is -3.13. The van der Waals surface area contributed by atoms with E-state index in [1.54, 1.807) is 33.4 Å². The number of methoxy groups -OCH3 is 2. The molecule has 30 heavy (non-hydrogen) atoms. The van der Waals surface area contributed by atoms with Gasteiger partial charge in [-0.25, -0.2) is 0 Å². The number of benzene rings is 2. The molecule has 1 unspecified atom stereocenters. The van der Waals surface area contributed by atoms with E-state index in [4.69, 9.17) is 21.7 Å². The Kier molecular flexibility index (Phi) is 6.89. The lowest BCUT2D eigenvalue weighted by Gasteiger charge is -2.23. The summed E-state index contributed by atoms with van der Waals surface area (Å²) in [5, 5.41) is 3.26. The zero-order valence-electron chi connectivity index (χ0n) is 17.3. The van der Waals surface area contributed by atoms with Gasteiger partial charge in [0.15, 0.2) is 16.6 Å². The Labute approximate surface area is 181 Å². The molecule has 7 nitrogen and oxygen atoms in total. The van der Waals surface area contributed by atoms with Crippen molar-refractivity contribution in [2.24, 2.45) is 0 Å². The molecule has 0 aliphatic carbocycles. The number of nitrogens with one attached hydrogen (secondary N) is 1. The third-order valence-electron chi connectivity index (χ3n) is 5.05. The van der Waals surface area contributed by atoms with E-state index in [1.807, 2.05) is 41.3 Å². The Bertz CT molecular complexity index is 935. The minimum absolute atomic E-state index is 0.0319. The molecule has 2 aromatic rings. The molecule has 2 amide bonds. The highest BCUT2D eigenvalue weighted by molar-refractivity contribution is 7.80. The van der Waals surface area contributed by atoms with Crippen LogP contribution >= 0.6 is 12.2 Å². The van der Waals surface area contributed by atoms with Crippen molar-refractivity contribution in [3.8, 4) is 11.5 Å². The topological polar surface area (TPSA) is 71.1 Å². The molecule has 1 fully saturated rings. The number of ether oxygens (including phenoxy) is 2. The van der Waals surface area contributed by atoms with E-state index in [-0.39, 0.29) is 18.2 Å². The van der Waals surface area contributed by atoms with Gasteiger partial charge >= 0.3 is 0 Å². The summed E-state index contributed by atoms with van der Waals surface area (Å²) in [4.78, 5) is 28.5. The Balaban J connectivity index is 1.69. The van der Waals surface area contributed by atoms with Crippen LogP contribution in [0.2, 0.25) is 0 Å². The lowest BCUT2D eigenvalue weighted by Crippen LogP contribution is -2.39. The summed E-state index contributed by atoms with van der Waals surface area (Å²) in [6.45, 7) is 0.508. The van der Waals surface area contributed by atoms with Gasteiger partial charge in [0, 0.05) is 19.3 Å². The van der Waals surface area contributed by atoms with Crippen molar-refractivity contribution >= 4 is 34.8 Å². The zero-order valence-corrected chi connectivity index (χ0v) is 18.1. The number of para-hydroxylation sites is 1. The van der Waals surface area contributed by atoms with Crippen molar-refractivity contribution in [1.29, 1.82) is 0 Å². The highest BCUT2D eigenvalue weighted by atomic mass is 32.1. The third-order valence-corrected chi connectivity index (χ3v) is 5.56. The van der Waals surface area contributed by atoms with E-state index < -0.39 is 6.04 Å². The number of amides is 2. The molecule has 158 valence electrons. The number of carbonyl (C=O) groups excluding carboxylic acids is 2. The van der Waals surface area contributed by atoms with E-state index in [1.165, 1.54) is 4.90 Å². The first-order valence-electron chi connectivity index (χ1n) is 9.58. The molecule has 0 bridgehead atoms. The van der Waals surface area contributed by atoms with Gasteiger partial charge in [-0.15, -0.1) is 0 Å². The molecule has 0 aromatic heterocycles. The summed E-state index contributed by atoms with van der Waals surface area (Å²) in [6, 6.07) is 14.2. The Morgan fingerprint density at radius 1 is 1.10 bits per heavy atom. The fraction of sp³-hybridized carbons (Fsp3) is 0.318. The minimum atomic E-state index is -0.619. The SMILES string of the molecule is COc1ccc(CCN2C(=S)N(C)C(=O)C2CC(=O)Nc2ccccc2)cc1OC. The van der Waals surface area contributed by atoms with Crippen LogP contribution in [0.4, 0.5) is 5.69 Å². The standard InChI is InChI=1S/C22H25N3O4S/c1-24-21(27)17(14-20(26)23-16-7-5-4-6-8-16)25(22(24)30)12-11-15-9-10-18(28-2)19(13-15)29-3/h4-10,13,17H,11-12,14H2,1-3H3,(H,23,26). The van der Waals surface area contributed by atoms with Crippen LogP contribution in [0.25, 0.3) is 0 Å². The van der Waals surface area contributed by atoms with Gasteiger partial charge in [0.05, 0.1) is 20.6 Å². The van der Waals surface area contributed by atoms with Gasteiger partial charge in [0.1, 0.15) is 6.04 Å². The van der Waals surface area contributed by atoms with Crippen LogP contribution in [0.1, 0.15) is 12.0 Å². The molecular weight excluding hydrogens is 402 g/mol. The highest BCUT2D eigenvalue weighted by Crippen LogP contribution is 2.28. The number of likely N-dealkylation sites (N-methyl/N-ethyl adjacent to an activating group) is 1. The second-order valence-corrected chi connectivity index (χ2v) is 7.31. The maximum absolute atomic E-state index is 12.7. The largest absolute Gasteiger partial charge is 0.493 e. The van der Waals surface area contributed by atoms with Crippen LogP contribution in [0.5, 0.6) is 11.5 Å². The summed E-state index contributed by atoms with van der Waals surface area (Å²) in [5.74, 6) is 0.901. The van der Waals surface area contributed by atoms with E-state index in [0.717, 1.165) is 5.56 Å². The van der Waals surface area contributed by atoms with Crippen LogP contribution < -0.4 is 14.8 Å². The van der Waals surface area contributed by atoms with Gasteiger partial charge in [0.25, 0.3) is 5.91 Å². The molecular formula is C22H25N3O4S. The van der Waals surface area contributed by atoms with Crippen LogP contribution in [-0.2, 0) is 16.0 Å². The Morgan fingerprint density at radius 2 is 1.80 bits per heavy atom. The molecule has 2 aromatic carbocycles. The number of hydrogen-bond acceptors (Lipinski definition) is 5. The second-order valence-electron chi connectivity index (χ2n) is 6.95. The van der Waals surface area contributed by atoms with Gasteiger partial charge in [-0.05, 0) is 48.5 Å². The van der Waals surface area contributed by atoms with Crippen LogP contribution in [-0.4, -0.2) is 60.6 Å². The normalized spacial score (nSPS) is 16.0. The van der Waals surface area contributed by atoms with Crippen LogP contribution in [0.15, 0.2) is 48.5 Å². The number of hydrogen-bond donors (Lipinski definition) is 1. The maximum atomic E-state index is 12.7. The summed E-state index contributed by atoms with van der Waals surface area (Å²) in [6.07, 6.45) is 0.669. The van der Waals surface area contributed by atoms with E-state index >= 15 is 0 Å². The molecule has 1 heterocycles. The average molecular weight is 428 g/mol. The second kappa shape index (κ2) is 9.58. The average Bonchev–Trinajstić information content (AvgIpc) is 2.96. The van der Waals surface area contributed by atoms with Crippen LogP contribution in [0, 0.1) is 0 Å². The number of nitrogens with zero attached hydrogens (tertiary/aromatic N) is 2. The molecule has 3 rings (SSSR count). The summed E-state index contributed by atoms with van der Waals surface area (Å²) in [7, 11) is 4.82. The van der Waals surface area contributed by atoms with Gasteiger partial charge in [-0.2, -0.15) is 0 Å². The molecule has 0 spiro atoms. The smallest absolute Gasteiger partial charge is 0.251 e. The van der Waals surface area contributed by atoms with Crippen molar-refractivity contribution in [3.05, 3.63) is 54.1 Å². The molecule has 1 atom stereocenters. The quantitative estimate of drug-likeness (QED) is 0.654. The minimum Gasteiger partial charge on any atom is -0.493 e. The number of thiocarbonyl (C=S) groups is 1. The fourth-order valence-corrected chi connectivity index (χ4v) is 3.73. The van der Waals surface area contributed by atoms with Crippen molar-refractivity contribution in [2.45, 2.75) is 18.9 Å². The summed E-state index contributed by atoms with van der Waals surface area (Å²) in [5.41, 5.74) is 1.71. The number of anilines is 1. The molecule has 0 radical (unpaired) electrons. The third kappa shape index (κ3) is 4.71. The Morgan fingerprint density at radius 3 is 2.47 bits per heavy atom. The van der Waals surface area contributed by atoms with Crippen molar-refractivity contribution in [1.82, 2.24) is 9.80 Å². The van der Waals surface area contributed by atoms with E-state index in [9.17, 15) is 9.59 Å². The van der Waals surface area contributed by atoms with Crippen LogP contribution in [0.3, 0.4) is 0 Å². The molecule has 1 aliphatic heterocycles. The lowest BCUT2D eigenvalue weighted by molar-refractivity contribution is -0.130. The maximum Gasteiger partial charge on any atom is 0.251 e. The predicted octanol–water partition coefficient (Wildman–Crippen LogP) is 2.70. The van der Waals surface area contributed by atoms with Gasteiger partial charge in [-0.1, -0.05) is 24.3 Å². The number of carbonyl (C=O) groups is 2. The zero-order chi connectivity index (χ0) is 21.7. The number of rotatable bonds is 8. The van der Waals surface area contributed by atoms with E-state index in [0.29, 0.717) is 35.3 Å². The summed E-state index contributed by atoms with van der Waals surface area (Å²) >= 11 is 5.46. The first kappa shape index (κ1) is 21.6. The summed E-state index contributed by atoms with van der Waals surface area (Å²) < 4.78 is 10.6. The lowest BCUT2D eigenvalue weighted by atomic mass is 10.1.